The Bertz CT molecular complexity index is 460. The van der Waals surface area contributed by atoms with Crippen molar-refractivity contribution in [2.75, 3.05) is 0 Å². The van der Waals surface area contributed by atoms with Crippen LogP contribution in [-0.4, -0.2) is 14.9 Å². The Morgan fingerprint density at radius 1 is 1.56 bits per heavy atom. The predicted octanol–water partition coefficient (Wildman–Crippen LogP) is 1.57. The highest BCUT2D eigenvalue weighted by Gasteiger charge is 2.09. The third kappa shape index (κ3) is 2.30. The first-order chi connectivity index (χ1) is 7.66. The molecule has 0 amide bonds. The van der Waals surface area contributed by atoms with E-state index in [4.69, 9.17) is 4.52 Å². The largest absolute Gasteiger partial charge is 0.361 e. The maximum atomic E-state index is 5.00. The Kier molecular flexibility index (Phi) is 3.05. The first-order valence-corrected chi connectivity index (χ1v) is 5.30. The van der Waals surface area contributed by atoms with Crippen molar-refractivity contribution in [2.45, 2.75) is 26.4 Å². The van der Waals surface area contributed by atoms with E-state index >= 15 is 0 Å². The molecule has 0 saturated carbocycles. The van der Waals surface area contributed by atoms with E-state index in [1.165, 1.54) is 0 Å². The molecule has 0 bridgehead atoms. The first kappa shape index (κ1) is 10.9. The van der Waals surface area contributed by atoms with Crippen LogP contribution in [0.25, 0.3) is 0 Å². The van der Waals surface area contributed by atoms with E-state index in [9.17, 15) is 0 Å². The van der Waals surface area contributed by atoms with Crippen LogP contribution < -0.4 is 5.32 Å². The summed E-state index contributed by atoms with van der Waals surface area (Å²) in [6.07, 6.45) is 1.80. The van der Waals surface area contributed by atoms with Gasteiger partial charge in [0.15, 0.2) is 0 Å². The first-order valence-electron chi connectivity index (χ1n) is 5.30. The minimum Gasteiger partial charge on any atom is -0.361 e. The molecule has 2 aromatic heterocycles. The molecular weight excluding hydrogens is 204 g/mol. The molecule has 5 heteroatoms. The summed E-state index contributed by atoms with van der Waals surface area (Å²) < 4.78 is 6.87. The quantitative estimate of drug-likeness (QED) is 0.849. The van der Waals surface area contributed by atoms with Crippen molar-refractivity contribution in [2.24, 2.45) is 7.05 Å². The fourth-order valence-electron chi connectivity index (χ4n) is 1.67. The van der Waals surface area contributed by atoms with Crippen molar-refractivity contribution < 1.29 is 4.52 Å². The molecule has 0 aliphatic rings. The topological polar surface area (TPSA) is 55.9 Å². The van der Waals surface area contributed by atoms with Gasteiger partial charge in [0.2, 0.25) is 0 Å². The summed E-state index contributed by atoms with van der Waals surface area (Å²) in [6.45, 7) is 4.69. The third-order valence-corrected chi connectivity index (χ3v) is 2.57. The number of hydrogen-bond acceptors (Lipinski definition) is 4. The smallest absolute Gasteiger partial charge is 0.133 e. The van der Waals surface area contributed by atoms with Gasteiger partial charge in [0.25, 0.3) is 0 Å². The van der Waals surface area contributed by atoms with Crippen molar-refractivity contribution >= 4 is 0 Å². The zero-order chi connectivity index (χ0) is 11.5. The van der Waals surface area contributed by atoms with Gasteiger partial charge in [-0.15, -0.1) is 0 Å². The van der Waals surface area contributed by atoms with Crippen LogP contribution >= 0.6 is 0 Å². The van der Waals surface area contributed by atoms with Gasteiger partial charge in [-0.05, 0) is 19.9 Å². The zero-order valence-electron chi connectivity index (χ0n) is 9.77. The molecule has 86 valence electrons. The Morgan fingerprint density at radius 2 is 2.38 bits per heavy atom. The van der Waals surface area contributed by atoms with Crippen LogP contribution in [-0.2, 0) is 13.6 Å². The van der Waals surface area contributed by atoms with Crippen molar-refractivity contribution in [3.05, 3.63) is 35.5 Å². The van der Waals surface area contributed by atoms with E-state index in [1.807, 2.05) is 30.8 Å². The second kappa shape index (κ2) is 4.49. The lowest BCUT2D eigenvalue weighted by molar-refractivity contribution is 0.385. The van der Waals surface area contributed by atoms with Crippen molar-refractivity contribution in [3.63, 3.8) is 0 Å². The van der Waals surface area contributed by atoms with Gasteiger partial charge in [0.1, 0.15) is 5.76 Å². The molecule has 0 radical (unpaired) electrons. The van der Waals surface area contributed by atoms with Gasteiger partial charge in [-0.3, -0.25) is 4.68 Å². The Labute approximate surface area is 94.4 Å². The standard InChI is InChI=1S/C11H16N4O/c1-8-6-10(14-16-8)7-12-9(2)11-4-5-13-15(11)3/h4-6,9,12H,7H2,1-3H3. The lowest BCUT2D eigenvalue weighted by Gasteiger charge is -2.12. The number of hydrogen-bond donors (Lipinski definition) is 1. The van der Waals surface area contributed by atoms with E-state index in [0.29, 0.717) is 6.54 Å². The fourth-order valence-corrected chi connectivity index (χ4v) is 1.67. The van der Waals surface area contributed by atoms with Gasteiger partial charge in [0.05, 0.1) is 11.4 Å². The molecule has 1 N–H and O–H groups in total. The van der Waals surface area contributed by atoms with Crippen LogP contribution in [0, 0.1) is 6.92 Å². The normalized spacial score (nSPS) is 12.9. The van der Waals surface area contributed by atoms with Gasteiger partial charge in [-0.1, -0.05) is 5.16 Å². The van der Waals surface area contributed by atoms with Gasteiger partial charge in [0, 0.05) is 31.9 Å². The highest BCUT2D eigenvalue weighted by molar-refractivity contribution is 5.07. The SMILES string of the molecule is Cc1cc(CNC(C)c2ccnn2C)no1. The average Bonchev–Trinajstić information content (AvgIpc) is 2.84. The number of nitrogens with zero attached hydrogens (tertiary/aromatic N) is 3. The molecule has 0 aromatic carbocycles. The van der Waals surface area contributed by atoms with Gasteiger partial charge >= 0.3 is 0 Å². The molecule has 2 aromatic rings. The van der Waals surface area contributed by atoms with Crippen molar-refractivity contribution in [3.8, 4) is 0 Å². The summed E-state index contributed by atoms with van der Waals surface area (Å²) in [5.41, 5.74) is 2.08. The molecule has 0 saturated heterocycles. The monoisotopic (exact) mass is 220 g/mol. The molecule has 0 spiro atoms. The van der Waals surface area contributed by atoms with Crippen molar-refractivity contribution in [1.82, 2.24) is 20.3 Å². The fraction of sp³-hybridized carbons (Fsp3) is 0.455. The van der Waals surface area contributed by atoms with Gasteiger partial charge < -0.3 is 9.84 Å². The molecule has 16 heavy (non-hydrogen) atoms. The van der Waals surface area contributed by atoms with Crippen LogP contribution in [0.4, 0.5) is 0 Å². The molecule has 0 fully saturated rings. The number of aromatic nitrogens is 3. The molecule has 1 atom stereocenters. The molecule has 2 rings (SSSR count). The maximum absolute atomic E-state index is 5.00. The van der Waals surface area contributed by atoms with E-state index in [-0.39, 0.29) is 6.04 Å². The minimum atomic E-state index is 0.240. The molecule has 0 aliphatic carbocycles. The molecule has 0 aliphatic heterocycles. The summed E-state index contributed by atoms with van der Waals surface area (Å²) in [6, 6.07) is 4.18. The van der Waals surface area contributed by atoms with Gasteiger partial charge in [-0.25, -0.2) is 0 Å². The lowest BCUT2D eigenvalue weighted by atomic mass is 10.2. The Hall–Kier alpha value is -1.62. The van der Waals surface area contributed by atoms with Crippen LogP contribution in [0.15, 0.2) is 22.9 Å². The molecule has 5 nitrogen and oxygen atoms in total. The third-order valence-electron chi connectivity index (χ3n) is 2.57. The average molecular weight is 220 g/mol. The summed E-state index contributed by atoms with van der Waals surface area (Å²) in [5.74, 6) is 0.838. The molecule has 1 unspecified atom stereocenters. The van der Waals surface area contributed by atoms with E-state index < -0.39 is 0 Å². The van der Waals surface area contributed by atoms with Crippen LogP contribution in [0.5, 0.6) is 0 Å². The molecular formula is C11H16N4O. The maximum Gasteiger partial charge on any atom is 0.133 e. The lowest BCUT2D eigenvalue weighted by Crippen LogP contribution is -2.20. The second-order valence-electron chi connectivity index (χ2n) is 3.91. The van der Waals surface area contributed by atoms with Crippen LogP contribution in [0.1, 0.15) is 30.1 Å². The minimum absolute atomic E-state index is 0.240. The van der Waals surface area contributed by atoms with Crippen LogP contribution in [0.3, 0.4) is 0 Å². The van der Waals surface area contributed by atoms with E-state index in [1.54, 1.807) is 6.20 Å². The zero-order valence-corrected chi connectivity index (χ0v) is 9.77. The predicted molar refractivity (Wildman–Crippen MR) is 59.7 cm³/mol. The second-order valence-corrected chi connectivity index (χ2v) is 3.91. The number of nitrogens with one attached hydrogen (secondary N) is 1. The highest BCUT2D eigenvalue weighted by Crippen LogP contribution is 2.11. The Morgan fingerprint density at radius 3 is 2.94 bits per heavy atom. The van der Waals surface area contributed by atoms with Gasteiger partial charge in [-0.2, -0.15) is 5.10 Å². The highest BCUT2D eigenvalue weighted by atomic mass is 16.5. The number of rotatable bonds is 4. The Balaban J connectivity index is 1.93. The number of aryl methyl sites for hydroxylation is 2. The van der Waals surface area contributed by atoms with Crippen LogP contribution in [0.2, 0.25) is 0 Å². The van der Waals surface area contributed by atoms with Crippen molar-refractivity contribution in [1.29, 1.82) is 0 Å². The van der Waals surface area contributed by atoms with E-state index in [2.05, 4.69) is 22.5 Å². The molecule has 2 heterocycles. The van der Waals surface area contributed by atoms with E-state index in [0.717, 1.165) is 17.1 Å². The summed E-state index contributed by atoms with van der Waals surface area (Å²) >= 11 is 0. The summed E-state index contributed by atoms with van der Waals surface area (Å²) in [5, 5.41) is 11.4. The summed E-state index contributed by atoms with van der Waals surface area (Å²) in [4.78, 5) is 0. The summed E-state index contributed by atoms with van der Waals surface area (Å²) in [7, 11) is 1.94.